The van der Waals surface area contributed by atoms with Crippen molar-refractivity contribution in [3.63, 3.8) is 0 Å². The van der Waals surface area contributed by atoms with Crippen LogP contribution in [0.4, 0.5) is 5.69 Å². The van der Waals surface area contributed by atoms with Gasteiger partial charge < -0.3 is 15.5 Å². The first-order valence-corrected chi connectivity index (χ1v) is 8.97. The molecule has 3 rings (SSSR count). The molecule has 0 aliphatic rings. The third kappa shape index (κ3) is 3.87. The van der Waals surface area contributed by atoms with Crippen molar-refractivity contribution in [2.45, 2.75) is 40.0 Å². The van der Waals surface area contributed by atoms with Crippen LogP contribution in [0.15, 0.2) is 41.0 Å². The summed E-state index contributed by atoms with van der Waals surface area (Å²) in [6.45, 7) is 8.16. The van der Waals surface area contributed by atoms with Crippen molar-refractivity contribution in [3.05, 3.63) is 64.4 Å². The van der Waals surface area contributed by atoms with E-state index in [4.69, 9.17) is 10.2 Å². The highest BCUT2D eigenvalue weighted by molar-refractivity contribution is 5.97. The minimum absolute atomic E-state index is 0.143. The van der Waals surface area contributed by atoms with Gasteiger partial charge in [-0.1, -0.05) is 13.8 Å². The Morgan fingerprint density at radius 2 is 1.85 bits per heavy atom. The quantitative estimate of drug-likeness (QED) is 0.701. The molecule has 3 N–H and O–H groups in total. The summed E-state index contributed by atoms with van der Waals surface area (Å²) in [4.78, 5) is 23.8. The number of anilines is 1. The number of carbonyl (C=O) groups is 2. The number of benzene rings is 2. The zero-order valence-electron chi connectivity index (χ0n) is 16.1. The average Bonchev–Trinajstić information content (AvgIpc) is 2.95. The third-order valence-corrected chi connectivity index (χ3v) is 4.79. The van der Waals surface area contributed by atoms with E-state index >= 15 is 0 Å². The Labute approximate surface area is 158 Å². The number of primary amides is 1. The van der Waals surface area contributed by atoms with Gasteiger partial charge in [-0.05, 0) is 66.8 Å². The topological polar surface area (TPSA) is 85.3 Å². The van der Waals surface area contributed by atoms with E-state index in [2.05, 4.69) is 32.2 Å². The molecule has 27 heavy (non-hydrogen) atoms. The lowest BCUT2D eigenvalue weighted by atomic mass is 9.95. The van der Waals surface area contributed by atoms with E-state index in [-0.39, 0.29) is 12.3 Å². The van der Waals surface area contributed by atoms with Crippen molar-refractivity contribution in [3.8, 4) is 0 Å². The SMILES string of the molecule is Cc1cc(NC(=O)Cc2coc3cc(C)c(C(C)C)cc23)ccc1C(N)=O. The molecule has 1 aromatic heterocycles. The molecule has 0 aliphatic carbocycles. The number of nitrogens with one attached hydrogen (secondary N) is 1. The molecule has 0 fully saturated rings. The van der Waals surface area contributed by atoms with Crippen LogP contribution in [0.5, 0.6) is 0 Å². The van der Waals surface area contributed by atoms with E-state index < -0.39 is 5.91 Å². The van der Waals surface area contributed by atoms with E-state index in [0.29, 0.717) is 17.2 Å². The van der Waals surface area contributed by atoms with Crippen LogP contribution in [0.2, 0.25) is 0 Å². The molecule has 0 atom stereocenters. The number of fused-ring (bicyclic) bond motifs is 1. The molecule has 5 heteroatoms. The molecule has 2 aromatic carbocycles. The molecular formula is C22H24N2O3. The highest BCUT2D eigenvalue weighted by atomic mass is 16.3. The Morgan fingerprint density at radius 3 is 2.48 bits per heavy atom. The first-order chi connectivity index (χ1) is 12.8. The van der Waals surface area contributed by atoms with Gasteiger partial charge in [0.15, 0.2) is 0 Å². The number of hydrogen-bond donors (Lipinski definition) is 2. The van der Waals surface area contributed by atoms with E-state index in [1.165, 1.54) is 11.1 Å². The molecule has 5 nitrogen and oxygen atoms in total. The number of carbonyl (C=O) groups excluding carboxylic acids is 2. The highest BCUT2D eigenvalue weighted by Gasteiger charge is 2.14. The van der Waals surface area contributed by atoms with Gasteiger partial charge >= 0.3 is 0 Å². The van der Waals surface area contributed by atoms with Crippen LogP contribution in [-0.4, -0.2) is 11.8 Å². The van der Waals surface area contributed by atoms with Gasteiger partial charge in [-0.25, -0.2) is 0 Å². The Kier molecular flexibility index (Phi) is 5.04. The van der Waals surface area contributed by atoms with Gasteiger partial charge in [-0.2, -0.15) is 0 Å². The standard InChI is InChI=1S/C22H24N2O3/c1-12(2)18-10-19-15(11-27-20(19)8-14(18)4)9-21(25)24-16-5-6-17(22(23)26)13(3)7-16/h5-8,10-12H,9H2,1-4H3,(H2,23,26)(H,24,25). The monoisotopic (exact) mass is 364 g/mol. The van der Waals surface area contributed by atoms with E-state index in [1.54, 1.807) is 31.4 Å². The smallest absolute Gasteiger partial charge is 0.248 e. The summed E-state index contributed by atoms with van der Waals surface area (Å²) in [5.41, 5.74) is 11.2. The van der Waals surface area contributed by atoms with Gasteiger partial charge in [0.1, 0.15) is 5.58 Å². The molecule has 0 bridgehead atoms. The predicted molar refractivity (Wildman–Crippen MR) is 107 cm³/mol. The molecule has 3 aromatic rings. The zero-order valence-corrected chi connectivity index (χ0v) is 16.1. The van der Waals surface area contributed by atoms with Crippen molar-refractivity contribution < 1.29 is 14.0 Å². The average molecular weight is 364 g/mol. The van der Waals surface area contributed by atoms with Crippen LogP contribution in [-0.2, 0) is 11.2 Å². The summed E-state index contributed by atoms with van der Waals surface area (Å²) < 4.78 is 5.65. The number of hydrogen-bond acceptors (Lipinski definition) is 3. The van der Waals surface area contributed by atoms with Crippen molar-refractivity contribution in [1.82, 2.24) is 0 Å². The lowest BCUT2D eigenvalue weighted by Crippen LogP contribution is -2.16. The summed E-state index contributed by atoms with van der Waals surface area (Å²) in [6, 6.07) is 9.19. The fourth-order valence-corrected chi connectivity index (χ4v) is 3.40. The van der Waals surface area contributed by atoms with Gasteiger partial charge in [-0.3, -0.25) is 9.59 Å². The number of furan rings is 1. The number of aryl methyl sites for hydroxylation is 2. The molecule has 1 heterocycles. The fraction of sp³-hybridized carbons (Fsp3) is 0.273. The van der Waals surface area contributed by atoms with Crippen LogP contribution >= 0.6 is 0 Å². The minimum Gasteiger partial charge on any atom is -0.464 e. The van der Waals surface area contributed by atoms with E-state index in [9.17, 15) is 9.59 Å². The third-order valence-electron chi connectivity index (χ3n) is 4.79. The van der Waals surface area contributed by atoms with Crippen LogP contribution in [0.3, 0.4) is 0 Å². The summed E-state index contributed by atoms with van der Waals surface area (Å²) in [6.07, 6.45) is 1.86. The Morgan fingerprint density at radius 1 is 1.11 bits per heavy atom. The molecule has 0 saturated heterocycles. The molecule has 0 saturated carbocycles. The molecule has 0 unspecified atom stereocenters. The van der Waals surface area contributed by atoms with Gasteiger partial charge in [0.2, 0.25) is 11.8 Å². The van der Waals surface area contributed by atoms with Crippen LogP contribution in [0.1, 0.15) is 52.4 Å². The van der Waals surface area contributed by atoms with Crippen molar-refractivity contribution in [2.24, 2.45) is 5.73 Å². The number of rotatable bonds is 5. The zero-order chi connectivity index (χ0) is 19.7. The number of amides is 2. The normalized spacial score (nSPS) is 11.1. The number of nitrogens with two attached hydrogens (primary N) is 1. The summed E-state index contributed by atoms with van der Waals surface area (Å²) in [7, 11) is 0. The van der Waals surface area contributed by atoms with Crippen molar-refractivity contribution in [1.29, 1.82) is 0 Å². The molecule has 0 radical (unpaired) electrons. The fourth-order valence-electron chi connectivity index (χ4n) is 3.40. The van der Waals surface area contributed by atoms with Gasteiger partial charge in [0, 0.05) is 22.2 Å². The Bertz CT molecular complexity index is 1030. The molecule has 0 spiro atoms. The predicted octanol–water partition coefficient (Wildman–Crippen LogP) is 4.45. The highest BCUT2D eigenvalue weighted by Crippen LogP contribution is 2.29. The van der Waals surface area contributed by atoms with Crippen LogP contribution in [0, 0.1) is 13.8 Å². The summed E-state index contributed by atoms with van der Waals surface area (Å²) in [5.74, 6) is -0.222. The minimum atomic E-state index is -0.480. The maximum atomic E-state index is 12.5. The molecule has 2 amide bonds. The maximum absolute atomic E-state index is 12.5. The van der Waals surface area contributed by atoms with Gasteiger partial charge in [0.05, 0.1) is 12.7 Å². The Hall–Kier alpha value is -3.08. The largest absolute Gasteiger partial charge is 0.464 e. The van der Waals surface area contributed by atoms with Crippen molar-refractivity contribution in [2.75, 3.05) is 5.32 Å². The maximum Gasteiger partial charge on any atom is 0.248 e. The van der Waals surface area contributed by atoms with Crippen LogP contribution in [0.25, 0.3) is 11.0 Å². The molecule has 140 valence electrons. The van der Waals surface area contributed by atoms with E-state index in [1.807, 2.05) is 6.07 Å². The first kappa shape index (κ1) is 18.7. The lowest BCUT2D eigenvalue weighted by molar-refractivity contribution is -0.115. The summed E-state index contributed by atoms with van der Waals surface area (Å²) in [5, 5.41) is 3.84. The molecular weight excluding hydrogens is 340 g/mol. The van der Waals surface area contributed by atoms with Crippen molar-refractivity contribution >= 4 is 28.5 Å². The second kappa shape index (κ2) is 7.27. The second-order valence-corrected chi connectivity index (χ2v) is 7.24. The lowest BCUT2D eigenvalue weighted by Gasteiger charge is -2.10. The Balaban J connectivity index is 1.81. The van der Waals surface area contributed by atoms with Gasteiger partial charge in [0.25, 0.3) is 0 Å². The summed E-state index contributed by atoms with van der Waals surface area (Å²) >= 11 is 0. The second-order valence-electron chi connectivity index (χ2n) is 7.24. The van der Waals surface area contributed by atoms with Crippen LogP contribution < -0.4 is 11.1 Å². The molecule has 0 aliphatic heterocycles. The van der Waals surface area contributed by atoms with Gasteiger partial charge in [-0.15, -0.1) is 0 Å². The first-order valence-electron chi connectivity index (χ1n) is 8.97. The van der Waals surface area contributed by atoms with E-state index in [0.717, 1.165) is 22.1 Å².